The van der Waals surface area contributed by atoms with E-state index in [9.17, 15) is 4.79 Å². The summed E-state index contributed by atoms with van der Waals surface area (Å²) in [7, 11) is 0. The lowest BCUT2D eigenvalue weighted by molar-refractivity contribution is -0.115. The van der Waals surface area contributed by atoms with Crippen LogP contribution in [0.5, 0.6) is 0 Å². The molecule has 5 nitrogen and oxygen atoms in total. The van der Waals surface area contributed by atoms with Gasteiger partial charge in [-0.2, -0.15) is 5.10 Å². The lowest BCUT2D eigenvalue weighted by Gasteiger charge is -2.01. The maximum Gasteiger partial charge on any atom is 0.238 e. The van der Waals surface area contributed by atoms with Crippen molar-refractivity contribution in [1.29, 1.82) is 0 Å². The fourth-order valence-electron chi connectivity index (χ4n) is 0.773. The second-order valence-corrected chi connectivity index (χ2v) is 2.34. The molecule has 0 fully saturated rings. The first-order valence-electron chi connectivity index (χ1n) is 3.75. The van der Waals surface area contributed by atoms with Crippen molar-refractivity contribution in [3.8, 4) is 12.3 Å². The second kappa shape index (κ2) is 4.95. The molecule has 0 unspecified atom stereocenters. The highest BCUT2D eigenvalue weighted by Gasteiger charge is 2.00. The van der Waals surface area contributed by atoms with Crippen LogP contribution in [0.15, 0.2) is 12.4 Å². The molecular weight excluding hydrogens is 168 g/mol. The van der Waals surface area contributed by atoms with Gasteiger partial charge in [0, 0.05) is 6.20 Å². The number of hydrogen-bond acceptors (Lipinski definition) is 3. The standard InChI is InChI=1S/C8H10N4O/c1-2-3-9-6-8(13)12-7-4-10-11-5-7/h1,4-5,9H,3,6H2,(H,10,11)(H,12,13). The van der Waals surface area contributed by atoms with Crippen LogP contribution >= 0.6 is 0 Å². The average molecular weight is 178 g/mol. The minimum absolute atomic E-state index is 0.142. The molecule has 0 saturated carbocycles. The summed E-state index contributed by atoms with van der Waals surface area (Å²) in [6.45, 7) is 0.591. The van der Waals surface area contributed by atoms with Crippen LogP contribution in [0.2, 0.25) is 0 Å². The summed E-state index contributed by atoms with van der Waals surface area (Å²) in [4.78, 5) is 11.1. The van der Waals surface area contributed by atoms with Gasteiger partial charge in [-0.3, -0.25) is 15.2 Å². The number of nitrogens with zero attached hydrogens (tertiary/aromatic N) is 1. The molecule has 0 aliphatic rings. The molecule has 1 aromatic heterocycles. The largest absolute Gasteiger partial charge is 0.322 e. The number of carbonyl (C=O) groups excluding carboxylic acids is 1. The first kappa shape index (κ1) is 9.29. The number of nitrogens with one attached hydrogen (secondary N) is 3. The molecule has 1 rings (SSSR count). The van der Waals surface area contributed by atoms with Gasteiger partial charge < -0.3 is 5.32 Å². The minimum atomic E-state index is -0.142. The van der Waals surface area contributed by atoms with Crippen molar-refractivity contribution >= 4 is 11.6 Å². The van der Waals surface area contributed by atoms with E-state index < -0.39 is 0 Å². The Morgan fingerprint density at radius 2 is 2.62 bits per heavy atom. The van der Waals surface area contributed by atoms with Gasteiger partial charge in [0.1, 0.15) is 0 Å². The van der Waals surface area contributed by atoms with Gasteiger partial charge >= 0.3 is 0 Å². The summed E-state index contributed by atoms with van der Waals surface area (Å²) in [5.74, 6) is 2.23. The number of carbonyl (C=O) groups is 1. The Kier molecular flexibility index (Phi) is 3.54. The molecule has 1 aromatic rings. The number of amides is 1. The summed E-state index contributed by atoms with van der Waals surface area (Å²) in [5, 5.41) is 11.6. The van der Waals surface area contributed by atoms with E-state index in [0.29, 0.717) is 12.2 Å². The van der Waals surface area contributed by atoms with E-state index in [1.807, 2.05) is 0 Å². The highest BCUT2D eigenvalue weighted by Crippen LogP contribution is 1.99. The second-order valence-electron chi connectivity index (χ2n) is 2.34. The molecule has 68 valence electrons. The van der Waals surface area contributed by atoms with Crippen molar-refractivity contribution in [2.24, 2.45) is 0 Å². The zero-order valence-electron chi connectivity index (χ0n) is 7.00. The van der Waals surface area contributed by atoms with Crippen LogP contribution in [0.1, 0.15) is 0 Å². The maximum absolute atomic E-state index is 11.1. The number of anilines is 1. The highest BCUT2D eigenvalue weighted by atomic mass is 16.1. The lowest BCUT2D eigenvalue weighted by Crippen LogP contribution is -2.28. The first-order chi connectivity index (χ1) is 6.33. The molecule has 13 heavy (non-hydrogen) atoms. The van der Waals surface area contributed by atoms with E-state index in [1.54, 1.807) is 6.20 Å². The zero-order valence-corrected chi connectivity index (χ0v) is 7.00. The quantitative estimate of drug-likeness (QED) is 0.433. The summed E-state index contributed by atoms with van der Waals surface area (Å²) in [6, 6.07) is 0. The van der Waals surface area contributed by atoms with Crippen LogP contribution in [0.4, 0.5) is 5.69 Å². The molecule has 5 heteroatoms. The fraction of sp³-hybridized carbons (Fsp3) is 0.250. The Balaban J connectivity index is 2.23. The number of aromatic nitrogens is 2. The number of hydrogen-bond donors (Lipinski definition) is 3. The highest BCUT2D eigenvalue weighted by molar-refractivity contribution is 5.91. The zero-order chi connectivity index (χ0) is 9.52. The van der Waals surface area contributed by atoms with Crippen molar-refractivity contribution in [1.82, 2.24) is 15.5 Å². The number of terminal acetylenes is 1. The monoisotopic (exact) mass is 178 g/mol. The van der Waals surface area contributed by atoms with Crippen LogP contribution in [-0.2, 0) is 4.79 Å². The number of rotatable bonds is 4. The Labute approximate surface area is 75.9 Å². The van der Waals surface area contributed by atoms with Gasteiger partial charge in [0.25, 0.3) is 0 Å². The molecular formula is C8H10N4O. The average Bonchev–Trinajstić information content (AvgIpc) is 2.57. The molecule has 0 aliphatic heterocycles. The van der Waals surface area contributed by atoms with Gasteiger partial charge in [-0.25, -0.2) is 0 Å². The van der Waals surface area contributed by atoms with Crippen molar-refractivity contribution in [3.63, 3.8) is 0 Å². The molecule has 0 saturated heterocycles. The molecule has 3 N–H and O–H groups in total. The van der Waals surface area contributed by atoms with Gasteiger partial charge in [-0.05, 0) is 0 Å². The normalized spacial score (nSPS) is 9.15. The van der Waals surface area contributed by atoms with Gasteiger partial charge in [0.05, 0.1) is 25.0 Å². The summed E-state index contributed by atoms with van der Waals surface area (Å²) in [6.07, 6.45) is 8.11. The van der Waals surface area contributed by atoms with Crippen molar-refractivity contribution in [3.05, 3.63) is 12.4 Å². The summed E-state index contributed by atoms with van der Waals surface area (Å²) in [5.41, 5.74) is 0.646. The summed E-state index contributed by atoms with van der Waals surface area (Å²) >= 11 is 0. The SMILES string of the molecule is C#CCNCC(=O)Nc1cn[nH]c1. The Morgan fingerprint density at radius 3 is 3.23 bits per heavy atom. The van der Waals surface area contributed by atoms with E-state index in [2.05, 4.69) is 26.8 Å². The van der Waals surface area contributed by atoms with Crippen LogP contribution in [0.25, 0.3) is 0 Å². The molecule has 0 atom stereocenters. The van der Waals surface area contributed by atoms with Crippen molar-refractivity contribution in [2.75, 3.05) is 18.4 Å². The maximum atomic E-state index is 11.1. The molecule has 1 heterocycles. The molecule has 0 aromatic carbocycles. The van der Waals surface area contributed by atoms with Gasteiger partial charge in [-0.15, -0.1) is 6.42 Å². The van der Waals surface area contributed by atoms with E-state index in [4.69, 9.17) is 6.42 Å². The van der Waals surface area contributed by atoms with E-state index in [1.165, 1.54) is 6.20 Å². The first-order valence-corrected chi connectivity index (χ1v) is 3.75. The molecule has 0 radical (unpaired) electrons. The minimum Gasteiger partial charge on any atom is -0.322 e. The third kappa shape index (κ3) is 3.40. The third-order valence-corrected chi connectivity index (χ3v) is 1.29. The van der Waals surface area contributed by atoms with Gasteiger partial charge in [-0.1, -0.05) is 5.92 Å². The topological polar surface area (TPSA) is 69.8 Å². The van der Waals surface area contributed by atoms with Gasteiger partial charge in [0.2, 0.25) is 5.91 Å². The molecule has 0 spiro atoms. The molecule has 0 aliphatic carbocycles. The van der Waals surface area contributed by atoms with Crippen molar-refractivity contribution < 1.29 is 4.79 Å². The van der Waals surface area contributed by atoms with Crippen LogP contribution in [0.3, 0.4) is 0 Å². The van der Waals surface area contributed by atoms with Gasteiger partial charge in [0.15, 0.2) is 0 Å². The molecule has 1 amide bonds. The predicted molar refractivity (Wildman–Crippen MR) is 48.9 cm³/mol. The van der Waals surface area contributed by atoms with Crippen LogP contribution in [0, 0.1) is 12.3 Å². The summed E-state index contributed by atoms with van der Waals surface area (Å²) < 4.78 is 0. The van der Waals surface area contributed by atoms with Crippen LogP contribution in [-0.4, -0.2) is 29.2 Å². The Morgan fingerprint density at radius 1 is 1.77 bits per heavy atom. The van der Waals surface area contributed by atoms with Crippen molar-refractivity contribution in [2.45, 2.75) is 0 Å². The third-order valence-electron chi connectivity index (χ3n) is 1.29. The number of H-pyrrole nitrogens is 1. The predicted octanol–water partition coefficient (Wildman–Crippen LogP) is -0.429. The van der Waals surface area contributed by atoms with E-state index >= 15 is 0 Å². The van der Waals surface area contributed by atoms with E-state index in [0.717, 1.165) is 0 Å². The fourth-order valence-corrected chi connectivity index (χ4v) is 0.773. The number of aromatic amines is 1. The molecule has 0 bridgehead atoms. The Bertz CT molecular complexity index is 298. The van der Waals surface area contributed by atoms with E-state index in [-0.39, 0.29) is 12.5 Å². The Hall–Kier alpha value is -1.80. The lowest BCUT2D eigenvalue weighted by atomic mass is 10.5. The smallest absolute Gasteiger partial charge is 0.238 e. The van der Waals surface area contributed by atoms with Crippen LogP contribution < -0.4 is 10.6 Å².